The van der Waals surface area contributed by atoms with Gasteiger partial charge in [0.25, 0.3) is 11.1 Å². The molecule has 0 saturated carbocycles. The van der Waals surface area contributed by atoms with E-state index in [0.717, 1.165) is 44.6 Å². The van der Waals surface area contributed by atoms with E-state index < -0.39 is 0 Å². The number of hydrogen-bond acceptors (Lipinski definition) is 6. The summed E-state index contributed by atoms with van der Waals surface area (Å²) in [6.45, 7) is 3.94. The quantitative estimate of drug-likeness (QED) is 0.664. The van der Waals surface area contributed by atoms with Crippen LogP contribution in [-0.2, 0) is 13.1 Å². The maximum atomic E-state index is 12.5. The molecule has 30 heavy (non-hydrogen) atoms. The average Bonchev–Trinajstić information content (AvgIpc) is 3.13. The molecule has 0 spiro atoms. The number of pyridine rings is 2. The lowest BCUT2D eigenvalue weighted by molar-refractivity contribution is 0.171. The molecule has 1 N–H and O–H groups in total. The van der Waals surface area contributed by atoms with Crippen molar-refractivity contribution >= 4 is 22.8 Å². The Hall–Kier alpha value is -2.55. The van der Waals surface area contributed by atoms with Gasteiger partial charge in [-0.3, -0.25) is 23.7 Å². The molecular weight excluding hydrogens is 404 g/mol. The summed E-state index contributed by atoms with van der Waals surface area (Å²) in [5.41, 5.74) is 2.20. The summed E-state index contributed by atoms with van der Waals surface area (Å²) in [7, 11) is 0. The van der Waals surface area contributed by atoms with Gasteiger partial charge >= 0.3 is 0 Å². The summed E-state index contributed by atoms with van der Waals surface area (Å²) >= 11 is 6.00. The largest absolute Gasteiger partial charge is 0.310 e. The van der Waals surface area contributed by atoms with Crippen LogP contribution in [0.15, 0.2) is 46.4 Å². The van der Waals surface area contributed by atoms with Crippen molar-refractivity contribution in [3.05, 3.63) is 68.1 Å². The topological polar surface area (TPSA) is 85.0 Å². The molecule has 0 aromatic carbocycles. The van der Waals surface area contributed by atoms with Crippen LogP contribution in [-0.4, -0.2) is 49.7 Å². The molecule has 0 bridgehead atoms. The Bertz CT molecular complexity index is 1190. The fourth-order valence-corrected chi connectivity index (χ4v) is 4.79. The van der Waals surface area contributed by atoms with Gasteiger partial charge in [-0.15, -0.1) is 0 Å². The summed E-state index contributed by atoms with van der Waals surface area (Å²) in [4.78, 5) is 35.5. The zero-order valence-corrected chi connectivity index (χ0v) is 17.3. The Morgan fingerprint density at radius 2 is 1.93 bits per heavy atom. The molecule has 156 valence electrons. The van der Waals surface area contributed by atoms with Gasteiger partial charge in [-0.25, -0.2) is 4.98 Å². The van der Waals surface area contributed by atoms with Crippen LogP contribution in [0.3, 0.4) is 0 Å². The zero-order chi connectivity index (χ0) is 20.7. The summed E-state index contributed by atoms with van der Waals surface area (Å²) in [5.74, 6) is 0. The first-order chi connectivity index (χ1) is 14.6. The maximum absolute atomic E-state index is 12.5. The highest BCUT2D eigenvalue weighted by atomic mass is 35.5. The molecule has 9 heteroatoms. The number of nitrogens with one attached hydrogen (secondary N) is 1. The van der Waals surface area contributed by atoms with E-state index in [1.807, 2.05) is 12.3 Å². The van der Waals surface area contributed by atoms with Gasteiger partial charge in [-0.1, -0.05) is 11.6 Å². The van der Waals surface area contributed by atoms with Gasteiger partial charge < -0.3 is 10.2 Å². The average molecular weight is 427 g/mol. The van der Waals surface area contributed by atoms with Gasteiger partial charge in [0.1, 0.15) is 11.2 Å². The Labute approximate surface area is 178 Å². The Morgan fingerprint density at radius 1 is 1.10 bits per heavy atom. The number of aromatic nitrogens is 4. The third kappa shape index (κ3) is 3.66. The number of rotatable bonds is 5. The fraction of sp³-hybridized carbons (Fsp3) is 0.429. The van der Waals surface area contributed by atoms with E-state index in [0.29, 0.717) is 28.8 Å². The Morgan fingerprint density at radius 3 is 2.73 bits per heavy atom. The van der Waals surface area contributed by atoms with E-state index in [1.54, 1.807) is 21.4 Å². The third-order valence-corrected chi connectivity index (χ3v) is 6.29. The minimum Gasteiger partial charge on any atom is -0.310 e. The molecule has 5 heterocycles. The second-order valence-electron chi connectivity index (χ2n) is 8.08. The number of likely N-dealkylation sites (tertiary alicyclic amines) is 1. The van der Waals surface area contributed by atoms with Crippen LogP contribution in [0.25, 0.3) is 11.2 Å². The van der Waals surface area contributed by atoms with Gasteiger partial charge in [-0.05, 0) is 43.6 Å². The molecule has 3 aromatic heterocycles. The molecule has 2 aliphatic rings. The van der Waals surface area contributed by atoms with Gasteiger partial charge in [-0.2, -0.15) is 0 Å². The van der Waals surface area contributed by atoms with E-state index in [-0.39, 0.29) is 17.2 Å². The Balaban J connectivity index is 1.22. The molecule has 0 aliphatic carbocycles. The Kier molecular flexibility index (Phi) is 5.14. The van der Waals surface area contributed by atoms with E-state index in [4.69, 9.17) is 11.6 Å². The minimum atomic E-state index is -0.143. The second-order valence-corrected chi connectivity index (χ2v) is 8.51. The van der Waals surface area contributed by atoms with Gasteiger partial charge in [0.15, 0.2) is 0 Å². The highest BCUT2D eigenvalue weighted by Crippen LogP contribution is 2.24. The first-order valence-corrected chi connectivity index (χ1v) is 10.6. The lowest BCUT2D eigenvalue weighted by atomic mass is 10.0. The molecule has 8 nitrogen and oxygen atoms in total. The lowest BCUT2D eigenvalue weighted by Crippen LogP contribution is -2.44. The molecule has 5 rings (SSSR count). The van der Waals surface area contributed by atoms with Crippen LogP contribution in [0.4, 0.5) is 0 Å². The molecule has 3 aromatic rings. The second kappa shape index (κ2) is 7.94. The van der Waals surface area contributed by atoms with Crippen molar-refractivity contribution in [3.63, 3.8) is 0 Å². The van der Waals surface area contributed by atoms with Crippen molar-refractivity contribution in [2.75, 3.05) is 19.6 Å². The molecule has 1 atom stereocenters. The van der Waals surface area contributed by atoms with Crippen LogP contribution in [0.1, 0.15) is 24.4 Å². The highest BCUT2D eigenvalue weighted by Gasteiger charge is 2.29. The van der Waals surface area contributed by atoms with Crippen molar-refractivity contribution < 1.29 is 0 Å². The van der Waals surface area contributed by atoms with Crippen molar-refractivity contribution in [1.82, 2.24) is 29.3 Å². The van der Waals surface area contributed by atoms with Crippen molar-refractivity contribution in [1.29, 1.82) is 0 Å². The molecule has 1 fully saturated rings. The fourth-order valence-electron chi connectivity index (χ4n) is 4.60. The number of nitrogens with zero attached hydrogens (tertiary/aromatic N) is 5. The zero-order valence-electron chi connectivity index (χ0n) is 16.5. The summed E-state index contributed by atoms with van der Waals surface area (Å²) in [6, 6.07) is 5.56. The summed E-state index contributed by atoms with van der Waals surface area (Å²) in [5, 5.41) is 4.25. The van der Waals surface area contributed by atoms with Gasteiger partial charge in [0.2, 0.25) is 0 Å². The SMILES string of the molecule is O=c1ccc2ncc(=O)n3c2n1CC3CN1CCC(NCc2cncc(Cl)c2)CC1. The lowest BCUT2D eigenvalue weighted by Gasteiger charge is -2.34. The first-order valence-electron chi connectivity index (χ1n) is 10.2. The van der Waals surface area contributed by atoms with E-state index in [1.165, 1.54) is 12.3 Å². The van der Waals surface area contributed by atoms with Crippen LogP contribution >= 0.6 is 11.6 Å². The van der Waals surface area contributed by atoms with Crippen molar-refractivity contribution in [2.24, 2.45) is 0 Å². The summed E-state index contributed by atoms with van der Waals surface area (Å²) in [6.07, 6.45) is 6.90. The van der Waals surface area contributed by atoms with Crippen LogP contribution in [0.5, 0.6) is 0 Å². The van der Waals surface area contributed by atoms with Crippen molar-refractivity contribution in [3.8, 4) is 0 Å². The monoisotopic (exact) mass is 426 g/mol. The van der Waals surface area contributed by atoms with E-state index >= 15 is 0 Å². The molecule has 1 unspecified atom stereocenters. The molecule has 1 saturated heterocycles. The molecule has 0 amide bonds. The van der Waals surface area contributed by atoms with E-state index in [2.05, 4.69) is 20.2 Å². The summed E-state index contributed by atoms with van der Waals surface area (Å²) < 4.78 is 3.43. The van der Waals surface area contributed by atoms with Crippen LogP contribution in [0.2, 0.25) is 5.02 Å². The smallest absolute Gasteiger partial charge is 0.270 e. The number of piperidine rings is 1. The predicted octanol–water partition coefficient (Wildman–Crippen LogP) is 1.42. The number of halogens is 1. The minimum absolute atomic E-state index is 0.0415. The molecule has 2 aliphatic heterocycles. The maximum Gasteiger partial charge on any atom is 0.270 e. The van der Waals surface area contributed by atoms with Gasteiger partial charge in [0, 0.05) is 44.1 Å². The third-order valence-electron chi connectivity index (χ3n) is 6.09. The standard InChI is InChI=1S/C21H23ClN6O2/c22-15-7-14(8-23-10-15)9-24-16-3-5-26(6-4-16)12-17-13-27-19(29)2-1-18-21(27)28(17)20(30)11-25-18/h1-2,7-8,10-11,16-17,24H,3-6,9,12-13H2. The highest BCUT2D eigenvalue weighted by molar-refractivity contribution is 6.30. The van der Waals surface area contributed by atoms with E-state index in [9.17, 15) is 9.59 Å². The van der Waals surface area contributed by atoms with Crippen molar-refractivity contribution in [2.45, 2.75) is 38.0 Å². The van der Waals surface area contributed by atoms with Crippen LogP contribution in [0, 0.1) is 0 Å². The van der Waals surface area contributed by atoms with Gasteiger partial charge in [0.05, 0.1) is 17.3 Å². The van der Waals surface area contributed by atoms with Crippen LogP contribution < -0.4 is 16.4 Å². The predicted molar refractivity (Wildman–Crippen MR) is 115 cm³/mol. The molecular formula is C21H23ClN6O2. The normalized spacial score (nSPS) is 19.6. The first kappa shape index (κ1) is 19.4. The molecule has 0 radical (unpaired) electrons. The number of hydrogen-bond donors (Lipinski definition) is 1.